The molecule has 0 radical (unpaired) electrons. The van der Waals surface area contributed by atoms with Crippen LogP contribution in [0.25, 0.3) is 0 Å². The van der Waals surface area contributed by atoms with Gasteiger partial charge in [-0.05, 0) is 22.3 Å². The van der Waals surface area contributed by atoms with Crippen molar-refractivity contribution >= 4 is 18.7 Å². The Bertz CT molecular complexity index is 489. The van der Waals surface area contributed by atoms with E-state index in [-0.39, 0.29) is 5.04 Å². The normalized spacial score (nSPS) is 12.4. The molecule has 0 spiro atoms. The lowest BCUT2D eigenvalue weighted by atomic mass is 10.2. The third-order valence-corrected chi connectivity index (χ3v) is 8.90. The van der Waals surface area contributed by atoms with Gasteiger partial charge in [0.2, 0.25) is 0 Å². The molecule has 2 rings (SSSR count). The van der Waals surface area contributed by atoms with Gasteiger partial charge in [-0.3, -0.25) is 0 Å². The van der Waals surface area contributed by atoms with Gasteiger partial charge in [0.15, 0.2) is 0 Å². The fraction of sp³-hybridized carbons (Fsp3) is 0.333. The Morgan fingerprint density at radius 1 is 0.800 bits per heavy atom. The van der Waals surface area contributed by atoms with E-state index in [2.05, 4.69) is 88.4 Å². The molecule has 2 aromatic carbocycles. The number of hydrogen-bond acceptors (Lipinski definition) is 1. The van der Waals surface area contributed by atoms with Gasteiger partial charge in [-0.25, -0.2) is 0 Å². The molecule has 20 heavy (non-hydrogen) atoms. The third kappa shape index (κ3) is 2.58. The Morgan fingerprint density at radius 3 is 1.50 bits per heavy atom. The maximum absolute atomic E-state index is 6.51. The van der Waals surface area contributed by atoms with Gasteiger partial charge in [0.05, 0.1) is 0 Å². The highest BCUT2D eigenvalue weighted by Gasteiger charge is 2.49. The summed E-state index contributed by atoms with van der Waals surface area (Å²) in [5.41, 5.74) is 0. The van der Waals surface area contributed by atoms with Crippen LogP contribution in [0.2, 0.25) is 5.04 Å². The predicted molar refractivity (Wildman–Crippen MR) is 89.2 cm³/mol. The van der Waals surface area contributed by atoms with Crippen LogP contribution in [0.3, 0.4) is 0 Å². The monoisotopic (exact) mass is 284 g/mol. The summed E-state index contributed by atoms with van der Waals surface area (Å²) >= 11 is 0. The molecule has 0 amide bonds. The maximum atomic E-state index is 6.51. The molecule has 0 atom stereocenters. The quantitative estimate of drug-likeness (QED) is 0.780. The fourth-order valence-corrected chi connectivity index (χ4v) is 7.57. The van der Waals surface area contributed by atoms with Crippen molar-refractivity contribution in [1.82, 2.24) is 0 Å². The topological polar surface area (TPSA) is 9.23 Å². The van der Waals surface area contributed by atoms with E-state index in [1.54, 1.807) is 0 Å². The van der Waals surface area contributed by atoms with Crippen LogP contribution < -0.4 is 10.4 Å². The zero-order chi connectivity index (χ0) is 14.6. The zero-order valence-electron chi connectivity index (χ0n) is 12.9. The summed E-state index contributed by atoms with van der Waals surface area (Å²) in [5.74, 6) is 0. The molecule has 0 fully saturated rings. The molecule has 106 valence electrons. The lowest BCUT2D eigenvalue weighted by molar-refractivity contribution is 0.318. The first-order valence-corrected chi connectivity index (χ1v) is 9.18. The SMILES string of the molecule is CCO[Si](c1ccccc1)(c1ccccc1)C(C)(C)C. The van der Waals surface area contributed by atoms with E-state index >= 15 is 0 Å². The summed E-state index contributed by atoms with van der Waals surface area (Å²) in [5, 5.41) is 2.78. The Hall–Kier alpha value is -1.38. The predicted octanol–water partition coefficient (Wildman–Crippen LogP) is 3.58. The van der Waals surface area contributed by atoms with Crippen molar-refractivity contribution in [2.75, 3.05) is 6.61 Å². The molecule has 0 bridgehead atoms. The van der Waals surface area contributed by atoms with Crippen LogP contribution in [-0.4, -0.2) is 14.9 Å². The molecule has 2 heteroatoms. The van der Waals surface area contributed by atoms with Gasteiger partial charge >= 0.3 is 0 Å². The van der Waals surface area contributed by atoms with E-state index in [0.29, 0.717) is 0 Å². The van der Waals surface area contributed by atoms with Crippen molar-refractivity contribution in [3.05, 3.63) is 60.7 Å². The number of rotatable bonds is 4. The zero-order valence-corrected chi connectivity index (χ0v) is 13.9. The van der Waals surface area contributed by atoms with Crippen molar-refractivity contribution in [3.8, 4) is 0 Å². The standard InChI is InChI=1S/C18H24OSi/c1-5-19-20(18(2,3)4,16-12-8-6-9-13-16)17-14-10-7-11-15-17/h6-15H,5H2,1-4H3. The van der Waals surface area contributed by atoms with Gasteiger partial charge in [-0.1, -0.05) is 81.4 Å². The number of hydrogen-bond donors (Lipinski definition) is 0. The van der Waals surface area contributed by atoms with Crippen LogP contribution in [0.5, 0.6) is 0 Å². The number of benzene rings is 2. The molecule has 2 aromatic rings. The highest BCUT2D eigenvalue weighted by Crippen LogP contribution is 2.36. The van der Waals surface area contributed by atoms with Crippen molar-refractivity contribution in [3.63, 3.8) is 0 Å². The lowest BCUT2D eigenvalue weighted by Crippen LogP contribution is -2.66. The van der Waals surface area contributed by atoms with Crippen molar-refractivity contribution in [2.24, 2.45) is 0 Å². The van der Waals surface area contributed by atoms with E-state index in [1.165, 1.54) is 10.4 Å². The molecule has 0 saturated heterocycles. The van der Waals surface area contributed by atoms with Crippen LogP contribution in [0.15, 0.2) is 60.7 Å². The molecule has 0 aliphatic carbocycles. The first-order chi connectivity index (χ1) is 9.52. The van der Waals surface area contributed by atoms with Gasteiger partial charge in [0.25, 0.3) is 8.32 Å². The maximum Gasteiger partial charge on any atom is 0.260 e. The summed E-state index contributed by atoms with van der Waals surface area (Å²) in [6.45, 7) is 9.74. The second-order valence-corrected chi connectivity index (χ2v) is 10.4. The molecule has 0 unspecified atom stereocenters. The summed E-state index contributed by atoms with van der Waals surface area (Å²) in [6.07, 6.45) is 0. The van der Waals surface area contributed by atoms with E-state index in [9.17, 15) is 0 Å². The van der Waals surface area contributed by atoms with Crippen LogP contribution in [0, 0.1) is 0 Å². The molecule has 0 aliphatic rings. The first-order valence-electron chi connectivity index (χ1n) is 7.27. The lowest BCUT2D eigenvalue weighted by Gasteiger charge is -2.42. The molecule has 0 N–H and O–H groups in total. The highest BCUT2D eigenvalue weighted by molar-refractivity contribution is 6.99. The van der Waals surface area contributed by atoms with Gasteiger partial charge in [0.1, 0.15) is 0 Å². The van der Waals surface area contributed by atoms with Gasteiger partial charge < -0.3 is 4.43 Å². The summed E-state index contributed by atoms with van der Waals surface area (Å²) < 4.78 is 6.51. The van der Waals surface area contributed by atoms with Crippen molar-refractivity contribution < 1.29 is 4.43 Å². The van der Waals surface area contributed by atoms with E-state index < -0.39 is 8.32 Å². The van der Waals surface area contributed by atoms with E-state index in [4.69, 9.17) is 4.43 Å². The van der Waals surface area contributed by atoms with Crippen molar-refractivity contribution in [1.29, 1.82) is 0 Å². The van der Waals surface area contributed by atoms with Crippen LogP contribution in [-0.2, 0) is 4.43 Å². The Labute approximate surface area is 123 Å². The van der Waals surface area contributed by atoms with Gasteiger partial charge in [0, 0.05) is 6.61 Å². The summed E-state index contributed by atoms with van der Waals surface area (Å²) in [6, 6.07) is 21.5. The molecule has 0 aromatic heterocycles. The second kappa shape index (κ2) is 5.94. The smallest absolute Gasteiger partial charge is 0.260 e. The minimum atomic E-state index is -2.25. The van der Waals surface area contributed by atoms with E-state index in [1.807, 2.05) is 0 Å². The Balaban J connectivity index is 2.70. The molecular weight excluding hydrogens is 260 g/mol. The molecule has 0 heterocycles. The van der Waals surface area contributed by atoms with Gasteiger partial charge in [-0.15, -0.1) is 0 Å². The van der Waals surface area contributed by atoms with Crippen LogP contribution >= 0.6 is 0 Å². The van der Waals surface area contributed by atoms with Crippen LogP contribution in [0.1, 0.15) is 27.7 Å². The largest absolute Gasteiger partial charge is 0.408 e. The summed E-state index contributed by atoms with van der Waals surface area (Å²) in [7, 11) is -2.25. The Kier molecular flexibility index (Phi) is 4.46. The molecular formula is C18H24OSi. The molecule has 0 aliphatic heterocycles. The summed E-state index contributed by atoms with van der Waals surface area (Å²) in [4.78, 5) is 0. The average Bonchev–Trinajstić information content (AvgIpc) is 2.45. The third-order valence-electron chi connectivity index (χ3n) is 3.78. The first kappa shape index (κ1) is 15.0. The van der Waals surface area contributed by atoms with Gasteiger partial charge in [-0.2, -0.15) is 0 Å². The molecule has 0 saturated carbocycles. The Morgan fingerprint density at radius 2 is 1.20 bits per heavy atom. The average molecular weight is 284 g/mol. The minimum Gasteiger partial charge on any atom is -0.408 e. The minimum absolute atomic E-state index is 0.0890. The van der Waals surface area contributed by atoms with Crippen molar-refractivity contribution in [2.45, 2.75) is 32.7 Å². The molecule has 1 nitrogen and oxygen atoms in total. The van der Waals surface area contributed by atoms with E-state index in [0.717, 1.165) is 6.61 Å². The highest BCUT2D eigenvalue weighted by atomic mass is 28.4. The fourth-order valence-electron chi connectivity index (χ4n) is 2.98. The van der Waals surface area contributed by atoms with Crippen LogP contribution in [0.4, 0.5) is 0 Å². The second-order valence-electron chi connectivity index (χ2n) is 6.10.